The fraction of sp³-hybridized carbons (Fsp3) is 0.235. The van der Waals surface area contributed by atoms with Crippen LogP contribution < -0.4 is 5.32 Å². The van der Waals surface area contributed by atoms with Gasteiger partial charge in [-0.05, 0) is 42.0 Å². The molecule has 0 unspecified atom stereocenters. The summed E-state index contributed by atoms with van der Waals surface area (Å²) in [5.74, 6) is -0.386. The Labute approximate surface area is 142 Å². The number of hydrogen-bond acceptors (Lipinski definition) is 5. The molecule has 128 valence electrons. The number of sulfonamides is 1. The molecule has 0 bridgehead atoms. The van der Waals surface area contributed by atoms with Crippen molar-refractivity contribution in [2.75, 3.05) is 26.5 Å². The zero-order chi connectivity index (χ0) is 17.7. The lowest BCUT2D eigenvalue weighted by Crippen LogP contribution is -2.22. The molecule has 0 aliphatic heterocycles. The predicted octanol–water partition coefficient (Wildman–Crippen LogP) is 2.34. The van der Waals surface area contributed by atoms with E-state index < -0.39 is 10.0 Å². The fourth-order valence-electron chi connectivity index (χ4n) is 2.07. The lowest BCUT2D eigenvalue weighted by Gasteiger charge is -2.13. The molecule has 0 aliphatic rings. The second-order valence-corrected chi connectivity index (χ2v) is 7.51. The molecule has 0 saturated heterocycles. The zero-order valence-electron chi connectivity index (χ0n) is 13.8. The smallest absolute Gasteiger partial charge is 0.337 e. The standard InChI is InChI=1S/C17H20N2O4S/c1-19(2)24(21,22)16-6-4-5-13(11-16)12-18-15-9-7-14(8-10-15)17(20)23-3/h4-11,18H,12H2,1-3H3. The number of anilines is 1. The van der Waals surface area contributed by atoms with E-state index in [0.29, 0.717) is 12.1 Å². The van der Waals surface area contributed by atoms with Gasteiger partial charge in [0.05, 0.1) is 17.6 Å². The Morgan fingerprint density at radius 3 is 2.38 bits per heavy atom. The van der Waals surface area contributed by atoms with E-state index >= 15 is 0 Å². The zero-order valence-corrected chi connectivity index (χ0v) is 14.6. The monoisotopic (exact) mass is 348 g/mol. The summed E-state index contributed by atoms with van der Waals surface area (Å²) >= 11 is 0. The topological polar surface area (TPSA) is 75.7 Å². The van der Waals surface area contributed by atoms with Crippen LogP contribution in [-0.4, -0.2) is 39.9 Å². The molecule has 0 heterocycles. The van der Waals surface area contributed by atoms with Crippen LogP contribution in [0, 0.1) is 0 Å². The number of nitrogens with one attached hydrogen (secondary N) is 1. The quantitative estimate of drug-likeness (QED) is 0.811. The Morgan fingerprint density at radius 2 is 1.79 bits per heavy atom. The summed E-state index contributed by atoms with van der Waals surface area (Å²) in [6, 6.07) is 13.7. The van der Waals surface area contributed by atoms with Gasteiger partial charge in [0.15, 0.2) is 0 Å². The number of nitrogens with zero attached hydrogens (tertiary/aromatic N) is 1. The molecule has 1 N–H and O–H groups in total. The summed E-state index contributed by atoms with van der Waals surface area (Å²) in [6.07, 6.45) is 0. The van der Waals surface area contributed by atoms with Gasteiger partial charge in [0, 0.05) is 26.3 Å². The minimum atomic E-state index is -3.45. The average molecular weight is 348 g/mol. The maximum absolute atomic E-state index is 12.1. The van der Waals surface area contributed by atoms with Gasteiger partial charge < -0.3 is 10.1 Å². The third-order valence-electron chi connectivity index (χ3n) is 3.48. The van der Waals surface area contributed by atoms with Crippen LogP contribution in [-0.2, 0) is 21.3 Å². The lowest BCUT2D eigenvalue weighted by atomic mass is 10.2. The Bertz CT molecular complexity index is 815. The second kappa shape index (κ2) is 7.46. The van der Waals surface area contributed by atoms with E-state index in [1.54, 1.807) is 42.5 Å². The minimum absolute atomic E-state index is 0.257. The molecular weight excluding hydrogens is 328 g/mol. The van der Waals surface area contributed by atoms with E-state index in [1.807, 2.05) is 6.07 Å². The van der Waals surface area contributed by atoms with Crippen molar-refractivity contribution in [1.29, 1.82) is 0 Å². The second-order valence-electron chi connectivity index (χ2n) is 5.36. The molecule has 0 amide bonds. The Morgan fingerprint density at radius 1 is 1.12 bits per heavy atom. The summed E-state index contributed by atoms with van der Waals surface area (Å²) in [7, 11) is 0.897. The van der Waals surface area contributed by atoms with Gasteiger partial charge in [-0.1, -0.05) is 12.1 Å². The van der Waals surface area contributed by atoms with Gasteiger partial charge in [0.1, 0.15) is 0 Å². The normalized spacial score (nSPS) is 11.3. The van der Waals surface area contributed by atoms with Crippen LogP contribution in [0.15, 0.2) is 53.4 Å². The van der Waals surface area contributed by atoms with Gasteiger partial charge in [-0.25, -0.2) is 17.5 Å². The molecule has 24 heavy (non-hydrogen) atoms. The summed E-state index contributed by atoms with van der Waals surface area (Å²) in [6.45, 7) is 0.467. The van der Waals surface area contributed by atoms with E-state index in [2.05, 4.69) is 10.1 Å². The molecule has 0 fully saturated rings. The predicted molar refractivity (Wildman–Crippen MR) is 92.4 cm³/mol. The molecule has 2 aromatic carbocycles. The molecule has 0 spiro atoms. The van der Waals surface area contributed by atoms with Gasteiger partial charge in [-0.3, -0.25) is 0 Å². The molecule has 0 atom stereocenters. The first-order chi connectivity index (χ1) is 11.3. The number of ether oxygens (including phenoxy) is 1. The van der Waals surface area contributed by atoms with Crippen molar-refractivity contribution in [3.05, 3.63) is 59.7 Å². The molecule has 7 heteroatoms. The number of rotatable bonds is 6. The highest BCUT2D eigenvalue weighted by atomic mass is 32.2. The van der Waals surface area contributed by atoms with Crippen molar-refractivity contribution in [1.82, 2.24) is 4.31 Å². The van der Waals surface area contributed by atoms with Crippen molar-refractivity contribution in [2.24, 2.45) is 0 Å². The average Bonchev–Trinajstić information content (AvgIpc) is 2.59. The van der Waals surface area contributed by atoms with Crippen molar-refractivity contribution in [3.63, 3.8) is 0 Å². The van der Waals surface area contributed by atoms with Crippen LogP contribution >= 0.6 is 0 Å². The van der Waals surface area contributed by atoms with Crippen LogP contribution in [0.2, 0.25) is 0 Å². The Balaban J connectivity index is 2.09. The molecule has 2 aromatic rings. The Kier molecular flexibility index (Phi) is 5.58. The van der Waals surface area contributed by atoms with Gasteiger partial charge in [-0.2, -0.15) is 0 Å². The van der Waals surface area contributed by atoms with Crippen LogP contribution in [0.4, 0.5) is 5.69 Å². The molecule has 0 saturated carbocycles. The SMILES string of the molecule is COC(=O)c1ccc(NCc2cccc(S(=O)(=O)N(C)C)c2)cc1. The Hall–Kier alpha value is -2.38. The van der Waals surface area contributed by atoms with Gasteiger partial charge in [0.2, 0.25) is 10.0 Å². The summed E-state index contributed by atoms with van der Waals surface area (Å²) in [4.78, 5) is 11.6. The van der Waals surface area contributed by atoms with Gasteiger partial charge in [0.25, 0.3) is 0 Å². The first kappa shape index (κ1) is 18.0. The highest BCUT2D eigenvalue weighted by Crippen LogP contribution is 2.17. The number of carbonyl (C=O) groups excluding carboxylic acids is 1. The van der Waals surface area contributed by atoms with E-state index in [0.717, 1.165) is 11.3 Å². The number of hydrogen-bond donors (Lipinski definition) is 1. The lowest BCUT2D eigenvalue weighted by molar-refractivity contribution is 0.0601. The van der Waals surface area contributed by atoms with Crippen molar-refractivity contribution >= 4 is 21.7 Å². The van der Waals surface area contributed by atoms with Gasteiger partial charge in [-0.15, -0.1) is 0 Å². The summed E-state index contributed by atoms with van der Waals surface area (Å²) in [5.41, 5.74) is 2.14. The molecule has 2 rings (SSSR count). The van der Waals surface area contributed by atoms with Crippen molar-refractivity contribution < 1.29 is 17.9 Å². The molecule has 6 nitrogen and oxygen atoms in total. The third-order valence-corrected chi connectivity index (χ3v) is 5.29. The van der Waals surface area contributed by atoms with Crippen LogP contribution in [0.25, 0.3) is 0 Å². The molecular formula is C17H20N2O4S. The van der Waals surface area contributed by atoms with Crippen LogP contribution in [0.1, 0.15) is 15.9 Å². The van der Waals surface area contributed by atoms with E-state index in [9.17, 15) is 13.2 Å². The highest BCUT2D eigenvalue weighted by molar-refractivity contribution is 7.89. The van der Waals surface area contributed by atoms with Crippen LogP contribution in [0.3, 0.4) is 0 Å². The molecule has 0 aliphatic carbocycles. The molecule has 0 aromatic heterocycles. The fourth-order valence-corrected chi connectivity index (χ4v) is 3.05. The summed E-state index contributed by atoms with van der Waals surface area (Å²) < 4.78 is 30.1. The maximum Gasteiger partial charge on any atom is 0.337 e. The first-order valence-electron chi connectivity index (χ1n) is 7.28. The first-order valence-corrected chi connectivity index (χ1v) is 8.72. The maximum atomic E-state index is 12.1. The highest BCUT2D eigenvalue weighted by Gasteiger charge is 2.17. The van der Waals surface area contributed by atoms with Crippen LogP contribution in [0.5, 0.6) is 0 Å². The largest absolute Gasteiger partial charge is 0.465 e. The molecule has 0 radical (unpaired) electrons. The van der Waals surface area contributed by atoms with E-state index in [1.165, 1.54) is 25.5 Å². The van der Waals surface area contributed by atoms with Crippen molar-refractivity contribution in [3.8, 4) is 0 Å². The number of esters is 1. The number of methoxy groups -OCH3 is 1. The van der Waals surface area contributed by atoms with E-state index in [-0.39, 0.29) is 10.9 Å². The van der Waals surface area contributed by atoms with Crippen molar-refractivity contribution in [2.45, 2.75) is 11.4 Å². The minimum Gasteiger partial charge on any atom is -0.465 e. The number of benzene rings is 2. The summed E-state index contributed by atoms with van der Waals surface area (Å²) in [5, 5.41) is 3.19. The van der Waals surface area contributed by atoms with Gasteiger partial charge >= 0.3 is 5.97 Å². The third kappa shape index (κ3) is 4.12. The number of carbonyl (C=O) groups is 1. The van der Waals surface area contributed by atoms with E-state index in [4.69, 9.17) is 0 Å².